The highest BCUT2D eigenvalue weighted by Crippen LogP contribution is 2.51. The van der Waals surface area contributed by atoms with E-state index >= 15 is 0 Å². The minimum atomic E-state index is 0.750. The Morgan fingerprint density at radius 1 is 0.542 bits per heavy atom. The highest BCUT2D eigenvalue weighted by molar-refractivity contribution is 6.08. The topological polar surface area (TPSA) is 81.8 Å². The Morgan fingerprint density at radius 2 is 1.00 bits per heavy atom. The maximum atomic E-state index is 8.35. The standard InChI is InChI=1S/C18H12.2CHNO/c1-2-7-13(8-3-1)14-11-6-12-17-15-9-4-5-10-16(15)18(14)17;2*2-1-3/h1-12H;2*2H. The van der Waals surface area contributed by atoms with Gasteiger partial charge in [-0.2, -0.15) is 0 Å². The molecule has 116 valence electrons. The first-order chi connectivity index (χ1) is 11.8. The zero-order valence-corrected chi connectivity index (χ0v) is 12.7. The molecule has 4 heteroatoms. The molecular weight excluding hydrogens is 300 g/mol. The molecule has 3 aromatic rings. The van der Waals surface area contributed by atoms with Crippen LogP contribution in [0.4, 0.5) is 0 Å². The summed E-state index contributed by atoms with van der Waals surface area (Å²) in [6.07, 6.45) is 1.50. The third-order valence-corrected chi connectivity index (χ3v) is 3.64. The van der Waals surface area contributed by atoms with Gasteiger partial charge in [0.25, 0.3) is 0 Å². The van der Waals surface area contributed by atoms with Crippen molar-refractivity contribution in [2.75, 3.05) is 0 Å². The Morgan fingerprint density at radius 3 is 1.62 bits per heavy atom. The first kappa shape index (κ1) is 16.8. The van der Waals surface area contributed by atoms with Crippen molar-refractivity contribution in [1.29, 1.82) is 10.8 Å². The van der Waals surface area contributed by atoms with Gasteiger partial charge in [-0.3, -0.25) is 0 Å². The molecular formula is C20H14N2O2. The van der Waals surface area contributed by atoms with E-state index in [0.29, 0.717) is 0 Å². The number of nitrogens with one attached hydrogen (secondary N) is 2. The summed E-state index contributed by atoms with van der Waals surface area (Å²) in [5.74, 6) is 0. The van der Waals surface area contributed by atoms with Crippen molar-refractivity contribution in [3.63, 3.8) is 0 Å². The zero-order chi connectivity index (χ0) is 17.4. The van der Waals surface area contributed by atoms with E-state index < -0.39 is 0 Å². The molecule has 0 aromatic heterocycles. The van der Waals surface area contributed by atoms with Crippen LogP contribution < -0.4 is 0 Å². The molecule has 4 rings (SSSR count). The lowest BCUT2D eigenvalue weighted by Crippen LogP contribution is -2.00. The fourth-order valence-electron chi connectivity index (χ4n) is 2.80. The van der Waals surface area contributed by atoms with Crippen LogP contribution in [0, 0.1) is 10.8 Å². The third kappa shape index (κ3) is 3.26. The molecule has 1 aliphatic carbocycles. The van der Waals surface area contributed by atoms with Gasteiger partial charge in [0.05, 0.1) is 0 Å². The van der Waals surface area contributed by atoms with Crippen LogP contribution in [-0.2, 0) is 9.59 Å². The SMILES string of the molecule is N=C=O.N=C=O.c1ccc(-c2cccc3c2-c2ccccc2-3)cc1. The first-order valence-electron chi connectivity index (χ1n) is 7.14. The van der Waals surface area contributed by atoms with E-state index in [2.05, 4.69) is 72.8 Å². The second-order valence-corrected chi connectivity index (χ2v) is 4.84. The van der Waals surface area contributed by atoms with Crippen LogP contribution >= 0.6 is 0 Å². The van der Waals surface area contributed by atoms with Crippen LogP contribution in [0.5, 0.6) is 0 Å². The van der Waals surface area contributed by atoms with E-state index in [1.165, 1.54) is 33.4 Å². The molecule has 0 heterocycles. The predicted molar refractivity (Wildman–Crippen MR) is 93.1 cm³/mol. The summed E-state index contributed by atoms with van der Waals surface area (Å²) in [6, 6.07) is 25.8. The van der Waals surface area contributed by atoms with Gasteiger partial charge in [-0.15, -0.1) is 0 Å². The summed E-state index contributed by atoms with van der Waals surface area (Å²) in [6.45, 7) is 0. The van der Waals surface area contributed by atoms with E-state index in [4.69, 9.17) is 20.4 Å². The molecule has 24 heavy (non-hydrogen) atoms. The van der Waals surface area contributed by atoms with Gasteiger partial charge in [-0.25, -0.2) is 20.4 Å². The number of isocyanates is 2. The fraction of sp³-hybridized carbons (Fsp3) is 0. The number of hydrogen-bond donors (Lipinski definition) is 2. The van der Waals surface area contributed by atoms with Gasteiger partial charge in [0, 0.05) is 0 Å². The monoisotopic (exact) mass is 314 g/mol. The first-order valence-corrected chi connectivity index (χ1v) is 7.14. The molecule has 0 atom stereocenters. The quantitative estimate of drug-likeness (QED) is 0.390. The Hall–Kier alpha value is -3.58. The van der Waals surface area contributed by atoms with Crippen molar-refractivity contribution >= 4 is 12.2 Å². The van der Waals surface area contributed by atoms with Crippen molar-refractivity contribution in [2.24, 2.45) is 0 Å². The van der Waals surface area contributed by atoms with Gasteiger partial charge < -0.3 is 0 Å². The minimum absolute atomic E-state index is 0.750. The maximum Gasteiger partial charge on any atom is 0.231 e. The summed E-state index contributed by atoms with van der Waals surface area (Å²) in [7, 11) is 0. The smallest absolute Gasteiger partial charge is 0.222 e. The highest BCUT2D eigenvalue weighted by Gasteiger charge is 2.24. The van der Waals surface area contributed by atoms with Crippen LogP contribution in [0.2, 0.25) is 0 Å². The molecule has 0 fully saturated rings. The number of carbonyl (C=O) groups excluding carboxylic acids is 2. The second kappa shape index (κ2) is 8.16. The molecule has 2 N–H and O–H groups in total. The Kier molecular flexibility index (Phi) is 5.71. The van der Waals surface area contributed by atoms with Gasteiger partial charge in [0.15, 0.2) is 0 Å². The summed E-state index contributed by atoms with van der Waals surface area (Å²) >= 11 is 0. The third-order valence-electron chi connectivity index (χ3n) is 3.64. The summed E-state index contributed by atoms with van der Waals surface area (Å²) in [5.41, 5.74) is 8.18. The number of fused-ring (bicyclic) bond motifs is 4. The molecule has 0 saturated carbocycles. The van der Waals surface area contributed by atoms with E-state index in [1.807, 2.05) is 0 Å². The Labute approximate surface area is 139 Å². The number of rotatable bonds is 1. The lowest BCUT2D eigenvalue weighted by Gasteiger charge is -2.26. The van der Waals surface area contributed by atoms with Crippen molar-refractivity contribution in [3.8, 4) is 33.4 Å². The van der Waals surface area contributed by atoms with Crippen molar-refractivity contribution in [3.05, 3.63) is 72.8 Å². The van der Waals surface area contributed by atoms with Gasteiger partial charge >= 0.3 is 0 Å². The molecule has 0 spiro atoms. The lowest BCUT2D eigenvalue weighted by molar-refractivity contribution is 0.562. The van der Waals surface area contributed by atoms with Crippen molar-refractivity contribution in [2.45, 2.75) is 0 Å². The second-order valence-electron chi connectivity index (χ2n) is 4.84. The van der Waals surface area contributed by atoms with Crippen LogP contribution in [0.15, 0.2) is 72.8 Å². The molecule has 0 unspecified atom stereocenters. The molecule has 0 bridgehead atoms. The van der Waals surface area contributed by atoms with Crippen molar-refractivity contribution in [1.82, 2.24) is 0 Å². The molecule has 3 aromatic carbocycles. The largest absolute Gasteiger partial charge is 0.231 e. The average molecular weight is 314 g/mol. The average Bonchev–Trinajstić information content (AvgIpc) is 2.61. The Balaban J connectivity index is 0.000000308. The van der Waals surface area contributed by atoms with E-state index in [0.717, 1.165) is 12.2 Å². The van der Waals surface area contributed by atoms with Crippen molar-refractivity contribution < 1.29 is 9.59 Å². The van der Waals surface area contributed by atoms with E-state index in [-0.39, 0.29) is 0 Å². The van der Waals surface area contributed by atoms with Gasteiger partial charge in [-0.1, -0.05) is 72.8 Å². The molecule has 0 saturated heterocycles. The summed E-state index contributed by atoms with van der Waals surface area (Å²) in [4.78, 5) is 16.7. The summed E-state index contributed by atoms with van der Waals surface area (Å²) in [5, 5.41) is 10.8. The molecule has 4 nitrogen and oxygen atoms in total. The van der Waals surface area contributed by atoms with Gasteiger partial charge in [0.1, 0.15) is 0 Å². The number of hydrogen-bond acceptors (Lipinski definition) is 4. The fourth-order valence-corrected chi connectivity index (χ4v) is 2.80. The van der Waals surface area contributed by atoms with E-state index in [1.54, 1.807) is 0 Å². The number of benzene rings is 3. The highest BCUT2D eigenvalue weighted by atomic mass is 16.1. The van der Waals surface area contributed by atoms with Crippen LogP contribution in [-0.4, -0.2) is 12.2 Å². The lowest BCUT2D eigenvalue weighted by atomic mass is 9.77. The normalized spacial score (nSPS) is 9.17. The maximum absolute atomic E-state index is 8.35. The zero-order valence-electron chi connectivity index (χ0n) is 12.7. The predicted octanol–water partition coefficient (Wildman–Crippen LogP) is 4.80. The summed E-state index contributed by atoms with van der Waals surface area (Å²) < 4.78 is 0. The Bertz CT molecular complexity index is 879. The van der Waals surface area contributed by atoms with Crippen LogP contribution in [0.1, 0.15) is 0 Å². The molecule has 1 aliphatic rings. The molecule has 0 aliphatic heterocycles. The van der Waals surface area contributed by atoms with Gasteiger partial charge in [-0.05, 0) is 33.4 Å². The van der Waals surface area contributed by atoms with Crippen LogP contribution in [0.25, 0.3) is 33.4 Å². The minimum Gasteiger partial charge on any atom is -0.222 e. The molecule has 0 radical (unpaired) electrons. The van der Waals surface area contributed by atoms with Crippen LogP contribution in [0.3, 0.4) is 0 Å². The van der Waals surface area contributed by atoms with Gasteiger partial charge in [0.2, 0.25) is 12.2 Å². The van der Waals surface area contributed by atoms with E-state index in [9.17, 15) is 0 Å². The molecule has 0 amide bonds.